The second kappa shape index (κ2) is 8.79. The third-order valence-corrected chi connectivity index (χ3v) is 4.12. The Morgan fingerprint density at radius 3 is 2.59 bits per heavy atom. The second-order valence-electron chi connectivity index (χ2n) is 6.46. The molecule has 0 bridgehead atoms. The molecule has 1 aromatic rings. The number of guanidine groups is 1. The van der Waals surface area contributed by atoms with Gasteiger partial charge in [0.25, 0.3) is 0 Å². The lowest BCUT2D eigenvalue weighted by atomic mass is 9.96. The van der Waals surface area contributed by atoms with Crippen LogP contribution in [-0.4, -0.2) is 38.0 Å². The minimum Gasteiger partial charge on any atom is -0.354 e. The van der Waals surface area contributed by atoms with E-state index in [2.05, 4.69) is 58.9 Å². The lowest BCUT2D eigenvalue weighted by Crippen LogP contribution is -2.43. The van der Waals surface area contributed by atoms with Gasteiger partial charge in [-0.25, -0.2) is 0 Å². The van der Waals surface area contributed by atoms with Crippen LogP contribution in [0.1, 0.15) is 43.2 Å². The standard InChI is InChI=1S/C18H30N4/c1-19-18(21-17-10-5-4-6-11-17)20-13-15-8-7-9-16(12-15)14-22(2)3/h7-9,12,17H,4-6,10-11,13-14H2,1-3H3,(H2,19,20,21). The predicted octanol–water partition coefficient (Wildman–Crippen LogP) is 2.75. The first-order chi connectivity index (χ1) is 10.7. The number of nitrogens with zero attached hydrogens (tertiary/aromatic N) is 2. The fourth-order valence-electron chi connectivity index (χ4n) is 3.02. The molecule has 0 unspecified atom stereocenters. The van der Waals surface area contributed by atoms with E-state index in [4.69, 9.17) is 0 Å². The number of nitrogens with one attached hydrogen (secondary N) is 2. The molecule has 0 spiro atoms. The molecule has 0 radical (unpaired) electrons. The summed E-state index contributed by atoms with van der Waals surface area (Å²) in [6, 6.07) is 9.33. The van der Waals surface area contributed by atoms with Crippen molar-refractivity contribution in [2.75, 3.05) is 21.1 Å². The first kappa shape index (κ1) is 16.8. The second-order valence-corrected chi connectivity index (χ2v) is 6.46. The van der Waals surface area contributed by atoms with Crippen molar-refractivity contribution >= 4 is 5.96 Å². The molecule has 2 N–H and O–H groups in total. The van der Waals surface area contributed by atoms with Crippen LogP contribution < -0.4 is 10.6 Å². The van der Waals surface area contributed by atoms with Crippen LogP contribution in [0.3, 0.4) is 0 Å². The zero-order chi connectivity index (χ0) is 15.8. The van der Waals surface area contributed by atoms with Gasteiger partial charge < -0.3 is 15.5 Å². The minimum absolute atomic E-state index is 0.583. The Kier molecular flexibility index (Phi) is 6.72. The quantitative estimate of drug-likeness (QED) is 0.649. The average molecular weight is 302 g/mol. The SMILES string of the molecule is CN=C(NCc1cccc(CN(C)C)c1)NC1CCCCC1. The molecule has 1 fully saturated rings. The van der Waals surface area contributed by atoms with Crippen molar-refractivity contribution < 1.29 is 0 Å². The normalized spacial score (nSPS) is 16.8. The van der Waals surface area contributed by atoms with Gasteiger partial charge in [-0.3, -0.25) is 4.99 Å². The largest absolute Gasteiger partial charge is 0.354 e. The summed E-state index contributed by atoms with van der Waals surface area (Å²) in [5, 5.41) is 6.99. The van der Waals surface area contributed by atoms with Crippen molar-refractivity contribution in [1.82, 2.24) is 15.5 Å². The molecule has 4 heteroatoms. The molecule has 1 aromatic carbocycles. The van der Waals surface area contributed by atoms with Crippen LogP contribution >= 0.6 is 0 Å². The molecular formula is C18H30N4. The molecule has 4 nitrogen and oxygen atoms in total. The van der Waals surface area contributed by atoms with Gasteiger partial charge in [0, 0.05) is 26.2 Å². The Balaban J connectivity index is 1.84. The van der Waals surface area contributed by atoms with E-state index in [-0.39, 0.29) is 0 Å². The van der Waals surface area contributed by atoms with E-state index in [0.29, 0.717) is 6.04 Å². The Labute approximate surface area is 135 Å². The molecular weight excluding hydrogens is 272 g/mol. The third-order valence-electron chi connectivity index (χ3n) is 4.12. The van der Waals surface area contributed by atoms with Crippen molar-refractivity contribution in [3.63, 3.8) is 0 Å². The van der Waals surface area contributed by atoms with E-state index in [0.717, 1.165) is 19.0 Å². The lowest BCUT2D eigenvalue weighted by molar-refractivity contribution is 0.402. The lowest BCUT2D eigenvalue weighted by Gasteiger charge is -2.25. The maximum absolute atomic E-state index is 4.35. The van der Waals surface area contributed by atoms with E-state index in [1.807, 2.05) is 7.05 Å². The fraction of sp³-hybridized carbons (Fsp3) is 0.611. The molecule has 0 amide bonds. The number of hydrogen-bond donors (Lipinski definition) is 2. The van der Waals surface area contributed by atoms with Gasteiger partial charge in [0.15, 0.2) is 5.96 Å². The van der Waals surface area contributed by atoms with Gasteiger partial charge in [-0.15, -0.1) is 0 Å². The Hall–Kier alpha value is -1.55. The van der Waals surface area contributed by atoms with Gasteiger partial charge in [0.2, 0.25) is 0 Å². The summed E-state index contributed by atoms with van der Waals surface area (Å²) in [5.41, 5.74) is 2.64. The highest BCUT2D eigenvalue weighted by atomic mass is 15.2. The molecule has 1 aliphatic carbocycles. The van der Waals surface area contributed by atoms with Crippen LogP contribution in [0.25, 0.3) is 0 Å². The van der Waals surface area contributed by atoms with E-state index in [9.17, 15) is 0 Å². The first-order valence-electron chi connectivity index (χ1n) is 8.37. The predicted molar refractivity (Wildman–Crippen MR) is 94.0 cm³/mol. The van der Waals surface area contributed by atoms with Crippen molar-refractivity contribution in [3.05, 3.63) is 35.4 Å². The van der Waals surface area contributed by atoms with Crippen LogP contribution in [-0.2, 0) is 13.1 Å². The van der Waals surface area contributed by atoms with Crippen LogP contribution in [0.4, 0.5) is 0 Å². The maximum Gasteiger partial charge on any atom is 0.191 e. The summed E-state index contributed by atoms with van der Waals surface area (Å²) in [5.74, 6) is 0.921. The van der Waals surface area contributed by atoms with Gasteiger partial charge in [-0.1, -0.05) is 43.5 Å². The van der Waals surface area contributed by atoms with E-state index in [1.165, 1.54) is 43.2 Å². The zero-order valence-corrected chi connectivity index (χ0v) is 14.2. The Morgan fingerprint density at radius 2 is 1.91 bits per heavy atom. The summed E-state index contributed by atoms with van der Waals surface area (Å²) in [6.45, 7) is 1.79. The molecule has 22 heavy (non-hydrogen) atoms. The van der Waals surface area contributed by atoms with Crippen LogP contribution in [0.15, 0.2) is 29.3 Å². The summed E-state index contributed by atoms with van der Waals surface area (Å²) < 4.78 is 0. The summed E-state index contributed by atoms with van der Waals surface area (Å²) in [4.78, 5) is 6.54. The monoisotopic (exact) mass is 302 g/mol. The highest BCUT2D eigenvalue weighted by molar-refractivity contribution is 5.79. The number of aliphatic imine (C=N–C) groups is 1. The molecule has 0 aromatic heterocycles. The highest BCUT2D eigenvalue weighted by Crippen LogP contribution is 2.17. The number of hydrogen-bond acceptors (Lipinski definition) is 2. The molecule has 0 atom stereocenters. The van der Waals surface area contributed by atoms with Gasteiger partial charge in [-0.2, -0.15) is 0 Å². The summed E-state index contributed by atoms with van der Waals surface area (Å²) >= 11 is 0. The third kappa shape index (κ3) is 5.68. The van der Waals surface area contributed by atoms with Crippen molar-refractivity contribution in [1.29, 1.82) is 0 Å². The van der Waals surface area contributed by atoms with Crippen LogP contribution in [0.5, 0.6) is 0 Å². The Bertz CT molecular complexity index is 476. The molecule has 1 saturated carbocycles. The minimum atomic E-state index is 0.583. The first-order valence-corrected chi connectivity index (χ1v) is 8.37. The smallest absolute Gasteiger partial charge is 0.191 e. The molecule has 0 heterocycles. The molecule has 1 aliphatic rings. The van der Waals surface area contributed by atoms with Crippen LogP contribution in [0, 0.1) is 0 Å². The van der Waals surface area contributed by atoms with E-state index in [1.54, 1.807) is 0 Å². The van der Waals surface area contributed by atoms with Gasteiger partial charge in [0.1, 0.15) is 0 Å². The number of rotatable bonds is 5. The van der Waals surface area contributed by atoms with Crippen LogP contribution in [0.2, 0.25) is 0 Å². The Morgan fingerprint density at radius 1 is 1.18 bits per heavy atom. The highest BCUT2D eigenvalue weighted by Gasteiger charge is 2.14. The topological polar surface area (TPSA) is 39.7 Å². The average Bonchev–Trinajstić information content (AvgIpc) is 2.52. The van der Waals surface area contributed by atoms with Crippen molar-refractivity contribution in [2.24, 2.45) is 4.99 Å². The zero-order valence-electron chi connectivity index (χ0n) is 14.2. The maximum atomic E-state index is 4.35. The summed E-state index contributed by atoms with van der Waals surface area (Å²) in [6.07, 6.45) is 6.57. The molecule has 0 saturated heterocycles. The van der Waals surface area contributed by atoms with Gasteiger partial charge in [-0.05, 0) is 38.1 Å². The molecule has 0 aliphatic heterocycles. The fourth-order valence-corrected chi connectivity index (χ4v) is 3.02. The van der Waals surface area contributed by atoms with E-state index >= 15 is 0 Å². The van der Waals surface area contributed by atoms with E-state index < -0.39 is 0 Å². The van der Waals surface area contributed by atoms with Crippen molar-refractivity contribution in [3.8, 4) is 0 Å². The van der Waals surface area contributed by atoms with Crippen molar-refractivity contribution in [2.45, 2.75) is 51.2 Å². The number of benzene rings is 1. The van der Waals surface area contributed by atoms with Gasteiger partial charge >= 0.3 is 0 Å². The van der Waals surface area contributed by atoms with Gasteiger partial charge in [0.05, 0.1) is 0 Å². The molecule has 2 rings (SSSR count). The molecule has 122 valence electrons. The summed E-state index contributed by atoms with van der Waals surface area (Å²) in [7, 11) is 6.04.